The van der Waals surface area contributed by atoms with Gasteiger partial charge >= 0.3 is 0 Å². The minimum Gasteiger partial charge on any atom is -0.383 e. The van der Waals surface area contributed by atoms with E-state index in [-0.39, 0.29) is 11.4 Å². The Kier molecular flexibility index (Phi) is 8.83. The molecule has 1 aliphatic heterocycles. The molecule has 1 unspecified atom stereocenters. The maximum Gasteiger partial charge on any atom is 0.271 e. The van der Waals surface area contributed by atoms with E-state index in [0.717, 1.165) is 29.5 Å². The highest BCUT2D eigenvalue weighted by atomic mass is 35.5. The van der Waals surface area contributed by atoms with Crippen molar-refractivity contribution in [1.82, 2.24) is 30.0 Å². The van der Waals surface area contributed by atoms with Crippen molar-refractivity contribution in [2.45, 2.75) is 45.4 Å². The lowest BCUT2D eigenvalue weighted by molar-refractivity contribution is -0.485. The minimum absolute atomic E-state index is 0.211. The van der Waals surface area contributed by atoms with Crippen LogP contribution >= 0.6 is 23.2 Å². The fraction of sp³-hybridized carbons (Fsp3) is 0.385. The summed E-state index contributed by atoms with van der Waals surface area (Å²) in [4.78, 5) is 20.0. The number of pyridine rings is 1. The summed E-state index contributed by atoms with van der Waals surface area (Å²) in [6.45, 7) is 6.46. The fourth-order valence-corrected chi connectivity index (χ4v) is 4.92. The number of nitrogens with zero attached hydrogens (tertiary/aromatic N) is 7. The van der Waals surface area contributed by atoms with Crippen molar-refractivity contribution >= 4 is 35.2 Å². The summed E-state index contributed by atoms with van der Waals surface area (Å²) < 4.78 is 1.70. The number of halogens is 2. The maximum atomic E-state index is 11.4. The van der Waals surface area contributed by atoms with Gasteiger partial charge in [-0.25, -0.2) is 24.8 Å². The lowest BCUT2D eigenvalue weighted by Crippen LogP contribution is -2.45. The summed E-state index contributed by atoms with van der Waals surface area (Å²) in [7, 11) is 0. The van der Waals surface area contributed by atoms with E-state index in [2.05, 4.69) is 45.4 Å². The van der Waals surface area contributed by atoms with E-state index < -0.39 is 10.6 Å². The van der Waals surface area contributed by atoms with Crippen LogP contribution in [0.4, 0.5) is 0 Å². The third-order valence-corrected chi connectivity index (χ3v) is 7.52. The van der Waals surface area contributed by atoms with E-state index in [0.29, 0.717) is 36.4 Å². The molecule has 1 saturated carbocycles. The second-order valence-corrected chi connectivity index (χ2v) is 10.9. The van der Waals surface area contributed by atoms with Gasteiger partial charge in [0.1, 0.15) is 28.5 Å². The zero-order valence-electron chi connectivity index (χ0n) is 21.7. The van der Waals surface area contributed by atoms with Crippen LogP contribution in [0.25, 0.3) is 6.08 Å². The molecule has 3 heterocycles. The van der Waals surface area contributed by atoms with Crippen LogP contribution in [0.15, 0.2) is 65.9 Å². The molecule has 2 aromatic heterocycles. The first-order chi connectivity index (χ1) is 18.6. The van der Waals surface area contributed by atoms with Crippen LogP contribution in [0.5, 0.6) is 0 Å². The van der Waals surface area contributed by atoms with Gasteiger partial charge in [0.15, 0.2) is 5.03 Å². The molecule has 13 heteroatoms. The molecule has 2 aliphatic rings. The van der Waals surface area contributed by atoms with E-state index in [1.54, 1.807) is 28.2 Å². The third-order valence-electron chi connectivity index (χ3n) is 7.04. The molecule has 206 valence electrons. The molecule has 0 amide bonds. The largest absolute Gasteiger partial charge is 0.383 e. The predicted octanol–water partition coefficient (Wildman–Crippen LogP) is 4.25. The quantitative estimate of drug-likeness (QED) is 0.254. The molecule has 3 aromatic rings. The highest BCUT2D eigenvalue weighted by molar-refractivity contribution is 6.30. The van der Waals surface area contributed by atoms with Crippen LogP contribution in [-0.2, 0) is 13.1 Å². The highest BCUT2D eigenvalue weighted by Gasteiger charge is 2.51. The summed E-state index contributed by atoms with van der Waals surface area (Å²) in [5.41, 5.74) is 1.87. The SMILES string of the molecule is CC1(C)CC/C(=C\c2ccc(Cl)cc2)C1(O)Cn1cncn1.O=[N+]([O-])/N=C1\NCCN1Cc1ccc(Cl)nc1. The molecule has 11 nitrogen and oxygen atoms in total. The molecule has 0 bridgehead atoms. The summed E-state index contributed by atoms with van der Waals surface area (Å²) in [5.74, 6) is 0.282. The van der Waals surface area contributed by atoms with E-state index in [1.807, 2.05) is 30.3 Å². The number of guanidine groups is 1. The number of hydrazone groups is 1. The Morgan fingerprint density at radius 2 is 2.00 bits per heavy atom. The Morgan fingerprint density at radius 3 is 2.64 bits per heavy atom. The number of rotatable bonds is 6. The van der Waals surface area contributed by atoms with Gasteiger partial charge in [-0.3, -0.25) is 0 Å². The van der Waals surface area contributed by atoms with Crippen molar-refractivity contribution in [2.75, 3.05) is 13.1 Å². The summed E-state index contributed by atoms with van der Waals surface area (Å²) >= 11 is 11.6. The van der Waals surface area contributed by atoms with E-state index in [1.165, 1.54) is 6.33 Å². The predicted molar refractivity (Wildman–Crippen MR) is 150 cm³/mol. The third kappa shape index (κ3) is 7.11. The molecule has 1 aliphatic carbocycles. The van der Waals surface area contributed by atoms with Crippen molar-refractivity contribution in [3.63, 3.8) is 0 Å². The highest BCUT2D eigenvalue weighted by Crippen LogP contribution is 2.50. The number of aliphatic hydroxyl groups is 1. The number of nitrogens with one attached hydrogen (secondary N) is 1. The molecule has 0 spiro atoms. The van der Waals surface area contributed by atoms with Crippen molar-refractivity contribution in [2.24, 2.45) is 10.5 Å². The minimum atomic E-state index is -0.930. The maximum absolute atomic E-state index is 11.4. The Bertz CT molecular complexity index is 1330. The smallest absolute Gasteiger partial charge is 0.271 e. The zero-order chi connectivity index (χ0) is 28.0. The Balaban J connectivity index is 0.000000187. The van der Waals surface area contributed by atoms with Crippen molar-refractivity contribution in [1.29, 1.82) is 0 Å². The van der Waals surface area contributed by atoms with E-state index in [4.69, 9.17) is 23.2 Å². The second kappa shape index (κ2) is 12.1. The first-order valence-electron chi connectivity index (χ1n) is 12.4. The van der Waals surface area contributed by atoms with E-state index >= 15 is 0 Å². The average molecular weight is 573 g/mol. The molecule has 0 radical (unpaired) electrons. The van der Waals surface area contributed by atoms with Gasteiger partial charge in [0.05, 0.1) is 6.54 Å². The van der Waals surface area contributed by atoms with Gasteiger partial charge in [0, 0.05) is 30.9 Å². The molecule has 39 heavy (non-hydrogen) atoms. The summed E-state index contributed by atoms with van der Waals surface area (Å²) in [5, 5.41) is 32.4. The van der Waals surface area contributed by atoms with Gasteiger partial charge in [-0.1, -0.05) is 61.3 Å². The monoisotopic (exact) mass is 572 g/mol. The van der Waals surface area contributed by atoms with Crippen LogP contribution in [-0.4, -0.2) is 59.4 Å². The molecule has 2 fully saturated rings. The number of nitro groups is 1. The normalized spacial score (nSPS) is 22.0. The van der Waals surface area contributed by atoms with Crippen molar-refractivity contribution in [3.8, 4) is 0 Å². The fourth-order valence-electron chi connectivity index (χ4n) is 4.68. The number of benzene rings is 1. The molecule has 1 saturated heterocycles. The molecular formula is C26H30Cl2N8O3. The van der Waals surface area contributed by atoms with Gasteiger partial charge < -0.3 is 15.3 Å². The van der Waals surface area contributed by atoms with Crippen LogP contribution in [0, 0.1) is 15.5 Å². The van der Waals surface area contributed by atoms with Crippen LogP contribution < -0.4 is 5.32 Å². The summed E-state index contributed by atoms with van der Waals surface area (Å²) in [6.07, 6.45) is 8.67. The molecule has 1 aromatic carbocycles. The van der Waals surface area contributed by atoms with Crippen LogP contribution in [0.2, 0.25) is 10.2 Å². The Hall–Kier alpha value is -3.54. The van der Waals surface area contributed by atoms with Crippen molar-refractivity contribution < 1.29 is 10.1 Å². The lowest BCUT2D eigenvalue weighted by atomic mass is 9.76. The first-order valence-corrected chi connectivity index (χ1v) is 13.1. The number of aromatic nitrogens is 4. The van der Waals surface area contributed by atoms with E-state index in [9.17, 15) is 15.2 Å². The lowest BCUT2D eigenvalue weighted by Gasteiger charge is -2.37. The second-order valence-electron chi connectivity index (χ2n) is 10.1. The molecule has 2 N–H and O–H groups in total. The standard InChI is InChI=1S/C17H20ClN3O.C9H10ClN5O2/c1-16(2)8-7-14(9-13-3-5-15(18)6-4-13)17(16,22)10-21-12-19-11-20-21;10-8-2-1-7(5-12-8)6-14-4-3-11-9(14)13-15(16)17/h3-6,9,11-12,22H,7-8,10H2,1-2H3;1-2,5H,3-4,6H2,(H,11,13)/b14-9+;. The Morgan fingerprint density at radius 1 is 1.23 bits per heavy atom. The van der Waals surface area contributed by atoms with Gasteiger partial charge in [0.2, 0.25) is 0 Å². The van der Waals surface area contributed by atoms with Crippen molar-refractivity contribution in [3.05, 3.63) is 92.2 Å². The van der Waals surface area contributed by atoms with Gasteiger partial charge in [-0.2, -0.15) is 5.10 Å². The van der Waals surface area contributed by atoms with Gasteiger partial charge in [0.25, 0.3) is 5.96 Å². The first kappa shape index (κ1) is 28.5. The van der Waals surface area contributed by atoms with Crippen LogP contribution in [0.3, 0.4) is 0 Å². The topological polar surface area (TPSA) is 135 Å². The Labute approximate surface area is 236 Å². The molecule has 1 atom stereocenters. The van der Waals surface area contributed by atoms with Gasteiger partial charge in [-0.05, 0) is 53.2 Å². The molecular weight excluding hydrogens is 543 g/mol. The zero-order valence-corrected chi connectivity index (χ0v) is 23.2. The average Bonchev–Trinajstić information content (AvgIpc) is 3.60. The number of hydrogen-bond acceptors (Lipinski definition) is 6. The van der Waals surface area contributed by atoms with Gasteiger partial charge in [-0.15, -0.1) is 0 Å². The number of hydrogen-bond donors (Lipinski definition) is 2. The summed E-state index contributed by atoms with van der Waals surface area (Å²) in [6, 6.07) is 11.2. The van der Waals surface area contributed by atoms with Crippen LogP contribution in [0.1, 0.15) is 37.8 Å². The molecule has 5 rings (SSSR count).